The second kappa shape index (κ2) is 8.53. The summed E-state index contributed by atoms with van der Waals surface area (Å²) in [5.41, 5.74) is 5.49. The van der Waals surface area contributed by atoms with E-state index in [1.54, 1.807) is 0 Å². The molecule has 0 aliphatic carbocycles. The number of nitrogens with zero attached hydrogens (tertiary/aromatic N) is 4. The molecular weight excluding hydrogens is 384 g/mol. The lowest BCUT2D eigenvalue weighted by Gasteiger charge is -2.04. The lowest BCUT2D eigenvalue weighted by atomic mass is 10.2. The van der Waals surface area contributed by atoms with E-state index in [1.165, 1.54) is 17.3 Å². The molecule has 4 rings (SSSR count). The molecule has 29 heavy (non-hydrogen) atoms. The highest BCUT2D eigenvalue weighted by molar-refractivity contribution is 7.98. The molecule has 0 radical (unpaired) electrons. The number of hydrogen-bond acceptors (Lipinski definition) is 6. The van der Waals surface area contributed by atoms with E-state index < -0.39 is 0 Å². The smallest absolute Gasteiger partial charge is 0.277 e. The molecule has 0 spiro atoms. The van der Waals surface area contributed by atoms with E-state index in [9.17, 15) is 0 Å². The number of para-hydroxylation sites is 1. The molecule has 0 amide bonds. The topological polar surface area (TPSA) is 66.0 Å². The van der Waals surface area contributed by atoms with Crippen LogP contribution in [0.25, 0.3) is 5.69 Å². The van der Waals surface area contributed by atoms with Crippen LogP contribution in [0.15, 0.2) is 64.2 Å². The highest BCUT2D eigenvalue weighted by Crippen LogP contribution is 2.27. The van der Waals surface area contributed by atoms with Crippen LogP contribution in [-0.2, 0) is 12.4 Å². The summed E-state index contributed by atoms with van der Waals surface area (Å²) in [5, 5.41) is 13.4. The van der Waals surface area contributed by atoms with Gasteiger partial charge in [-0.2, -0.15) is 5.10 Å². The van der Waals surface area contributed by atoms with Crippen LogP contribution in [0, 0.1) is 20.8 Å². The van der Waals surface area contributed by atoms with Crippen molar-refractivity contribution in [3.8, 4) is 11.4 Å². The number of aromatic nitrogens is 4. The summed E-state index contributed by atoms with van der Waals surface area (Å²) in [5.74, 6) is 1.96. The number of benzene rings is 2. The van der Waals surface area contributed by atoms with Crippen LogP contribution in [0.3, 0.4) is 0 Å². The second-order valence-corrected chi connectivity index (χ2v) is 7.68. The molecule has 148 valence electrons. The van der Waals surface area contributed by atoms with E-state index in [4.69, 9.17) is 9.15 Å². The van der Waals surface area contributed by atoms with E-state index in [0.29, 0.717) is 16.9 Å². The molecule has 0 bridgehead atoms. The summed E-state index contributed by atoms with van der Waals surface area (Å²) < 4.78 is 13.4. The third-order valence-electron chi connectivity index (χ3n) is 4.58. The zero-order valence-electron chi connectivity index (χ0n) is 16.6. The highest BCUT2D eigenvalue weighted by atomic mass is 32.2. The molecule has 0 N–H and O–H groups in total. The Bertz CT molecular complexity index is 1110. The molecular formula is C22H22N4O2S. The average Bonchev–Trinajstić information content (AvgIpc) is 3.30. The van der Waals surface area contributed by atoms with Gasteiger partial charge >= 0.3 is 0 Å². The van der Waals surface area contributed by atoms with Crippen molar-refractivity contribution in [1.82, 2.24) is 20.0 Å². The summed E-state index contributed by atoms with van der Waals surface area (Å²) in [4.78, 5) is 0. The summed E-state index contributed by atoms with van der Waals surface area (Å²) in [6.45, 7) is 6.38. The molecule has 0 fully saturated rings. The van der Waals surface area contributed by atoms with Gasteiger partial charge in [0.2, 0.25) is 0 Å². The highest BCUT2D eigenvalue weighted by Gasteiger charge is 2.15. The van der Waals surface area contributed by atoms with Gasteiger partial charge in [-0.05, 0) is 50.6 Å². The maximum Gasteiger partial charge on any atom is 0.277 e. The Hall–Kier alpha value is -3.06. The van der Waals surface area contributed by atoms with E-state index in [-0.39, 0.29) is 6.61 Å². The summed E-state index contributed by atoms with van der Waals surface area (Å²) in [7, 11) is 0. The molecule has 0 saturated heterocycles. The van der Waals surface area contributed by atoms with Gasteiger partial charge in [-0.1, -0.05) is 42.1 Å². The van der Waals surface area contributed by atoms with Crippen molar-refractivity contribution in [2.24, 2.45) is 0 Å². The lowest BCUT2D eigenvalue weighted by molar-refractivity contribution is 0.252. The van der Waals surface area contributed by atoms with Crippen molar-refractivity contribution in [2.75, 3.05) is 0 Å². The molecule has 4 aromatic rings. The molecule has 2 aromatic heterocycles. The first-order valence-corrected chi connectivity index (χ1v) is 10.3. The minimum atomic E-state index is 0.251. The van der Waals surface area contributed by atoms with Crippen molar-refractivity contribution in [3.63, 3.8) is 0 Å². The van der Waals surface area contributed by atoms with Crippen LogP contribution < -0.4 is 4.74 Å². The van der Waals surface area contributed by atoms with Crippen molar-refractivity contribution in [1.29, 1.82) is 0 Å². The normalized spacial score (nSPS) is 11.0. The van der Waals surface area contributed by atoms with Gasteiger partial charge in [0.05, 0.1) is 11.4 Å². The Morgan fingerprint density at radius 3 is 2.62 bits per heavy atom. The average molecular weight is 407 g/mol. The van der Waals surface area contributed by atoms with Gasteiger partial charge in [-0.15, -0.1) is 10.2 Å². The van der Waals surface area contributed by atoms with Crippen molar-refractivity contribution >= 4 is 11.8 Å². The van der Waals surface area contributed by atoms with Crippen molar-refractivity contribution < 1.29 is 9.15 Å². The van der Waals surface area contributed by atoms with Gasteiger partial charge in [0.1, 0.15) is 5.75 Å². The number of rotatable bonds is 7. The van der Waals surface area contributed by atoms with E-state index in [0.717, 1.165) is 28.4 Å². The van der Waals surface area contributed by atoms with Crippen LogP contribution in [-0.4, -0.2) is 20.0 Å². The predicted octanol–water partition coefficient (Wildman–Crippen LogP) is 5.05. The Labute approximate surface area is 173 Å². The monoisotopic (exact) mass is 406 g/mol. The van der Waals surface area contributed by atoms with Crippen LogP contribution in [0.4, 0.5) is 0 Å². The second-order valence-electron chi connectivity index (χ2n) is 6.75. The quantitative estimate of drug-likeness (QED) is 0.400. The molecule has 0 atom stereocenters. The fourth-order valence-electron chi connectivity index (χ4n) is 3.04. The number of aryl methyl sites for hydroxylation is 2. The minimum absolute atomic E-state index is 0.251. The van der Waals surface area contributed by atoms with Gasteiger partial charge in [0, 0.05) is 17.0 Å². The summed E-state index contributed by atoms with van der Waals surface area (Å²) >= 11 is 1.51. The van der Waals surface area contributed by atoms with Crippen molar-refractivity contribution in [3.05, 3.63) is 83.0 Å². The standard InChI is InChI=1S/C22H22N4O2S/c1-15-8-7-11-19(12-15)27-13-21-23-24-22(28-21)29-14-20-16(2)25-26(17(20)3)18-9-5-4-6-10-18/h4-12H,13-14H2,1-3H3. The van der Waals surface area contributed by atoms with E-state index >= 15 is 0 Å². The molecule has 2 heterocycles. The van der Waals surface area contributed by atoms with Crippen LogP contribution >= 0.6 is 11.8 Å². The summed E-state index contributed by atoms with van der Waals surface area (Å²) in [6.07, 6.45) is 0. The SMILES string of the molecule is Cc1cccc(OCc2nnc(SCc3c(C)nn(-c4ccccc4)c3C)o2)c1. The van der Waals surface area contributed by atoms with E-state index in [1.807, 2.05) is 61.0 Å². The Morgan fingerprint density at radius 2 is 1.83 bits per heavy atom. The predicted molar refractivity (Wildman–Crippen MR) is 112 cm³/mol. The van der Waals surface area contributed by atoms with Gasteiger partial charge in [0.25, 0.3) is 11.1 Å². The minimum Gasteiger partial charge on any atom is -0.484 e. The third kappa shape index (κ3) is 4.51. The number of thioether (sulfide) groups is 1. The van der Waals surface area contributed by atoms with Gasteiger partial charge < -0.3 is 9.15 Å². The fraction of sp³-hybridized carbons (Fsp3) is 0.227. The Morgan fingerprint density at radius 1 is 1.00 bits per heavy atom. The van der Waals surface area contributed by atoms with Crippen LogP contribution in [0.1, 0.15) is 28.4 Å². The zero-order chi connectivity index (χ0) is 20.2. The fourth-order valence-corrected chi connectivity index (χ4v) is 3.98. The molecule has 0 aliphatic rings. The van der Waals surface area contributed by atoms with Gasteiger partial charge in [-0.25, -0.2) is 4.68 Å². The molecule has 6 nitrogen and oxygen atoms in total. The Kier molecular flexibility index (Phi) is 5.67. The number of hydrogen-bond donors (Lipinski definition) is 0. The maximum atomic E-state index is 5.72. The molecule has 7 heteroatoms. The van der Waals surface area contributed by atoms with E-state index in [2.05, 4.69) is 34.4 Å². The molecule has 0 saturated carbocycles. The largest absolute Gasteiger partial charge is 0.484 e. The van der Waals surface area contributed by atoms with Crippen LogP contribution in [0.5, 0.6) is 5.75 Å². The molecule has 0 aliphatic heterocycles. The first-order chi connectivity index (χ1) is 14.1. The number of ether oxygens (including phenoxy) is 1. The molecule has 0 unspecified atom stereocenters. The zero-order valence-corrected chi connectivity index (χ0v) is 17.4. The lowest BCUT2D eigenvalue weighted by Crippen LogP contribution is -1.98. The first-order valence-electron chi connectivity index (χ1n) is 9.35. The van der Waals surface area contributed by atoms with Gasteiger partial charge in [0.15, 0.2) is 6.61 Å². The third-order valence-corrected chi connectivity index (χ3v) is 5.43. The van der Waals surface area contributed by atoms with Gasteiger partial charge in [-0.3, -0.25) is 0 Å². The first kappa shape index (κ1) is 19.3. The Balaban J connectivity index is 1.39. The summed E-state index contributed by atoms with van der Waals surface area (Å²) in [6, 6.07) is 18.0. The molecule has 2 aromatic carbocycles. The maximum absolute atomic E-state index is 5.72. The van der Waals surface area contributed by atoms with Crippen molar-refractivity contribution in [2.45, 2.75) is 38.4 Å². The van der Waals surface area contributed by atoms with Crippen LogP contribution in [0.2, 0.25) is 0 Å².